The molecule has 0 aromatic carbocycles. The fourth-order valence-electron chi connectivity index (χ4n) is 2.53. The predicted octanol–water partition coefficient (Wildman–Crippen LogP) is -0.853. The van der Waals surface area contributed by atoms with Gasteiger partial charge in [0.1, 0.15) is 5.54 Å². The smallest absolute Gasteiger partial charge is 0.243 e. The lowest BCUT2D eigenvalue weighted by Gasteiger charge is -2.38. The van der Waals surface area contributed by atoms with Crippen LogP contribution in [0.2, 0.25) is 0 Å². The Kier molecular flexibility index (Phi) is 3.81. The van der Waals surface area contributed by atoms with E-state index in [0.717, 1.165) is 19.1 Å². The van der Waals surface area contributed by atoms with Gasteiger partial charge in [-0.2, -0.15) is 0 Å². The summed E-state index contributed by atoms with van der Waals surface area (Å²) in [6.45, 7) is 4.03. The zero-order chi connectivity index (χ0) is 15.1. The largest absolute Gasteiger partial charge is 0.336 e. The summed E-state index contributed by atoms with van der Waals surface area (Å²) >= 11 is 0. The molecule has 2 fully saturated rings. The van der Waals surface area contributed by atoms with Crippen LogP contribution in [-0.4, -0.2) is 67.5 Å². The van der Waals surface area contributed by atoms with Crippen LogP contribution in [0.4, 0.5) is 0 Å². The van der Waals surface area contributed by atoms with Gasteiger partial charge >= 0.3 is 0 Å². The molecule has 0 bridgehead atoms. The Morgan fingerprint density at radius 3 is 2.35 bits per heavy atom. The minimum Gasteiger partial charge on any atom is -0.336 e. The Morgan fingerprint density at radius 2 is 1.90 bits per heavy atom. The van der Waals surface area contributed by atoms with Crippen molar-refractivity contribution in [2.45, 2.75) is 38.3 Å². The molecule has 114 valence electrons. The number of nitrogens with zero attached hydrogens (tertiary/aromatic N) is 2. The minimum atomic E-state index is -3.49. The maximum Gasteiger partial charge on any atom is 0.243 e. The van der Waals surface area contributed by atoms with Crippen LogP contribution >= 0.6 is 0 Å². The molecule has 2 rings (SSSR count). The monoisotopic (exact) mass is 303 g/mol. The van der Waals surface area contributed by atoms with Gasteiger partial charge in [0.25, 0.3) is 0 Å². The summed E-state index contributed by atoms with van der Waals surface area (Å²) in [5, 5.41) is 0. The Morgan fingerprint density at radius 1 is 1.30 bits per heavy atom. The molecule has 1 N–H and O–H groups in total. The number of piperazine rings is 1. The van der Waals surface area contributed by atoms with Crippen LogP contribution in [0.5, 0.6) is 0 Å². The molecule has 0 atom stereocenters. The summed E-state index contributed by atoms with van der Waals surface area (Å²) < 4.78 is 24.9. The second-order valence-electron chi connectivity index (χ2n) is 6.04. The standard InChI is InChI=1S/C12H21N3O4S/c1-12(2,13-20(3,18)19)11(17)14-6-7-15(9-4-5-9)10(16)8-14/h9,13H,4-8H2,1-3H3. The summed E-state index contributed by atoms with van der Waals surface area (Å²) in [6.07, 6.45) is 3.10. The number of amides is 2. The van der Waals surface area contributed by atoms with Crippen molar-refractivity contribution in [3.63, 3.8) is 0 Å². The molecule has 1 saturated heterocycles. The van der Waals surface area contributed by atoms with Gasteiger partial charge in [-0.3, -0.25) is 9.59 Å². The van der Waals surface area contributed by atoms with Crippen LogP contribution in [-0.2, 0) is 19.6 Å². The summed E-state index contributed by atoms with van der Waals surface area (Å²) in [4.78, 5) is 27.6. The van der Waals surface area contributed by atoms with Crippen LogP contribution in [0, 0.1) is 0 Å². The normalized spacial score (nSPS) is 21.2. The van der Waals surface area contributed by atoms with E-state index in [1.165, 1.54) is 18.7 Å². The van der Waals surface area contributed by atoms with E-state index >= 15 is 0 Å². The molecule has 0 aromatic heterocycles. The molecule has 20 heavy (non-hydrogen) atoms. The maximum absolute atomic E-state index is 12.4. The summed E-state index contributed by atoms with van der Waals surface area (Å²) in [5.41, 5.74) is -1.24. The van der Waals surface area contributed by atoms with Crippen LogP contribution in [0.3, 0.4) is 0 Å². The van der Waals surface area contributed by atoms with Crippen LogP contribution < -0.4 is 4.72 Å². The van der Waals surface area contributed by atoms with Gasteiger partial charge in [0.15, 0.2) is 0 Å². The molecule has 1 heterocycles. The predicted molar refractivity (Wildman–Crippen MR) is 73.4 cm³/mol. The summed E-state index contributed by atoms with van der Waals surface area (Å²) in [7, 11) is -3.49. The molecule has 0 aromatic rings. The molecule has 1 saturated carbocycles. The third kappa shape index (κ3) is 3.49. The summed E-state index contributed by atoms with van der Waals surface area (Å²) in [5.74, 6) is -0.422. The van der Waals surface area contributed by atoms with Gasteiger partial charge in [-0.25, -0.2) is 13.1 Å². The molecule has 2 amide bonds. The first-order valence-electron chi connectivity index (χ1n) is 6.68. The van der Waals surface area contributed by atoms with Crippen molar-refractivity contribution in [2.24, 2.45) is 0 Å². The van der Waals surface area contributed by atoms with E-state index in [2.05, 4.69) is 4.72 Å². The number of carbonyl (C=O) groups excluding carboxylic acids is 2. The third-order valence-electron chi connectivity index (χ3n) is 3.51. The Labute approximate surface area is 119 Å². The lowest BCUT2D eigenvalue weighted by molar-refractivity contribution is -0.148. The second kappa shape index (κ2) is 5.00. The Bertz CT molecular complexity index is 525. The van der Waals surface area contributed by atoms with Crippen LogP contribution in [0.15, 0.2) is 0 Å². The quantitative estimate of drug-likeness (QED) is 0.733. The van der Waals surface area contributed by atoms with Crippen molar-refractivity contribution >= 4 is 21.8 Å². The highest BCUT2D eigenvalue weighted by Gasteiger charge is 2.40. The maximum atomic E-state index is 12.4. The van der Waals surface area contributed by atoms with Gasteiger partial charge < -0.3 is 9.80 Å². The van der Waals surface area contributed by atoms with E-state index in [4.69, 9.17) is 0 Å². The molecule has 1 aliphatic heterocycles. The zero-order valence-electron chi connectivity index (χ0n) is 12.0. The van der Waals surface area contributed by atoms with Crippen molar-refractivity contribution in [3.8, 4) is 0 Å². The average Bonchev–Trinajstić information content (AvgIpc) is 3.08. The first kappa shape index (κ1) is 15.2. The van der Waals surface area contributed by atoms with Gasteiger partial charge in [0.05, 0.1) is 12.8 Å². The zero-order valence-corrected chi connectivity index (χ0v) is 12.9. The topological polar surface area (TPSA) is 86.8 Å². The van der Waals surface area contributed by atoms with Crippen molar-refractivity contribution in [3.05, 3.63) is 0 Å². The van der Waals surface area contributed by atoms with E-state index in [-0.39, 0.29) is 18.4 Å². The number of nitrogens with one attached hydrogen (secondary N) is 1. The lowest BCUT2D eigenvalue weighted by Crippen LogP contribution is -2.61. The number of rotatable bonds is 4. The molecule has 0 radical (unpaired) electrons. The molecule has 1 aliphatic carbocycles. The van der Waals surface area contributed by atoms with Crippen molar-refractivity contribution in [1.29, 1.82) is 0 Å². The number of hydrogen-bond acceptors (Lipinski definition) is 4. The minimum absolute atomic E-state index is 0.0319. The number of carbonyl (C=O) groups is 2. The molecule has 2 aliphatic rings. The third-order valence-corrected chi connectivity index (χ3v) is 4.39. The molecule has 0 unspecified atom stereocenters. The SMILES string of the molecule is CC(C)(NS(C)(=O)=O)C(=O)N1CCN(C2CC2)C(=O)C1. The summed E-state index contributed by atoms with van der Waals surface area (Å²) in [6, 6.07) is 0.349. The van der Waals surface area contributed by atoms with E-state index in [1.807, 2.05) is 4.90 Å². The molecule has 0 spiro atoms. The fraction of sp³-hybridized carbons (Fsp3) is 0.833. The van der Waals surface area contributed by atoms with Gasteiger partial charge in [-0.05, 0) is 26.7 Å². The highest BCUT2D eigenvalue weighted by molar-refractivity contribution is 7.88. The molecular weight excluding hydrogens is 282 g/mol. The van der Waals surface area contributed by atoms with Crippen molar-refractivity contribution < 1.29 is 18.0 Å². The van der Waals surface area contributed by atoms with Gasteiger partial charge in [0, 0.05) is 19.1 Å². The van der Waals surface area contributed by atoms with Crippen molar-refractivity contribution in [2.75, 3.05) is 25.9 Å². The highest BCUT2D eigenvalue weighted by atomic mass is 32.2. The first-order chi connectivity index (χ1) is 9.10. The number of sulfonamides is 1. The van der Waals surface area contributed by atoms with Gasteiger partial charge in [-0.15, -0.1) is 0 Å². The van der Waals surface area contributed by atoms with E-state index in [1.54, 1.807) is 0 Å². The second-order valence-corrected chi connectivity index (χ2v) is 7.79. The van der Waals surface area contributed by atoms with Crippen LogP contribution in [0.25, 0.3) is 0 Å². The lowest BCUT2D eigenvalue weighted by atomic mass is 10.0. The van der Waals surface area contributed by atoms with E-state index in [9.17, 15) is 18.0 Å². The van der Waals surface area contributed by atoms with E-state index in [0.29, 0.717) is 19.1 Å². The molecule has 8 heteroatoms. The Balaban J connectivity index is 2.01. The fourth-order valence-corrected chi connectivity index (χ4v) is 3.55. The number of hydrogen-bond donors (Lipinski definition) is 1. The van der Waals surface area contributed by atoms with E-state index < -0.39 is 15.6 Å². The molecule has 7 nitrogen and oxygen atoms in total. The molecular formula is C12H21N3O4S. The van der Waals surface area contributed by atoms with Crippen molar-refractivity contribution in [1.82, 2.24) is 14.5 Å². The Hall–Kier alpha value is -1.15. The van der Waals surface area contributed by atoms with Gasteiger partial charge in [0.2, 0.25) is 21.8 Å². The average molecular weight is 303 g/mol. The first-order valence-corrected chi connectivity index (χ1v) is 8.57. The van der Waals surface area contributed by atoms with Gasteiger partial charge in [-0.1, -0.05) is 0 Å². The highest BCUT2D eigenvalue weighted by Crippen LogP contribution is 2.28. The van der Waals surface area contributed by atoms with Crippen LogP contribution in [0.1, 0.15) is 26.7 Å².